The molecule has 3 heterocycles. The first kappa shape index (κ1) is 26.2. The Hall–Kier alpha value is -3.90. The van der Waals surface area contributed by atoms with Crippen molar-refractivity contribution >= 4 is 17.5 Å². The van der Waals surface area contributed by atoms with Crippen molar-refractivity contribution in [2.24, 2.45) is 0 Å². The highest BCUT2D eigenvalue weighted by Gasteiger charge is 2.40. The number of anilines is 2. The van der Waals surface area contributed by atoms with E-state index in [4.69, 9.17) is 10.5 Å². The van der Waals surface area contributed by atoms with Gasteiger partial charge in [0.1, 0.15) is 17.7 Å². The second kappa shape index (κ2) is 11.4. The normalized spacial score (nSPS) is 18.0. The van der Waals surface area contributed by atoms with Gasteiger partial charge < -0.3 is 15.1 Å². The van der Waals surface area contributed by atoms with Crippen LogP contribution in [0.15, 0.2) is 30.3 Å². The van der Waals surface area contributed by atoms with Gasteiger partial charge in [-0.1, -0.05) is 12.1 Å². The molecule has 0 unspecified atom stereocenters. The number of halogens is 3. The first-order valence-electron chi connectivity index (χ1n) is 12.1. The zero-order valence-corrected chi connectivity index (χ0v) is 20.2. The van der Waals surface area contributed by atoms with Crippen LogP contribution in [0.25, 0.3) is 0 Å². The van der Waals surface area contributed by atoms with Crippen molar-refractivity contribution in [3.63, 3.8) is 0 Å². The number of nitrogens with zero attached hydrogens (tertiary/aromatic N) is 7. The maximum Gasteiger partial charge on any atom is 0.451 e. The molecule has 1 amide bonds. The number of amides is 1. The number of benzene rings is 1. The fourth-order valence-corrected chi connectivity index (χ4v) is 4.39. The topological polar surface area (TPSA) is 112 Å². The highest BCUT2D eigenvalue weighted by atomic mass is 19.4. The first-order chi connectivity index (χ1) is 17.8. The lowest BCUT2D eigenvalue weighted by atomic mass is 10.0. The summed E-state index contributed by atoms with van der Waals surface area (Å²) in [6, 6.07) is 12.1. The van der Waals surface area contributed by atoms with E-state index in [9.17, 15) is 18.0 Å². The summed E-state index contributed by atoms with van der Waals surface area (Å²) in [7, 11) is 0. The van der Waals surface area contributed by atoms with Crippen LogP contribution in [-0.2, 0) is 17.4 Å². The van der Waals surface area contributed by atoms with Gasteiger partial charge in [-0.05, 0) is 30.5 Å². The van der Waals surface area contributed by atoms with E-state index in [2.05, 4.69) is 32.3 Å². The highest BCUT2D eigenvalue weighted by molar-refractivity contribution is 5.86. The van der Waals surface area contributed by atoms with Gasteiger partial charge in [0, 0.05) is 58.3 Å². The summed E-state index contributed by atoms with van der Waals surface area (Å²) < 4.78 is 40.9. The molecule has 194 valence electrons. The molecule has 4 rings (SSSR count). The van der Waals surface area contributed by atoms with Crippen LogP contribution in [0.2, 0.25) is 0 Å². The lowest BCUT2D eigenvalue weighted by Crippen LogP contribution is -2.57. The minimum absolute atomic E-state index is 0.0859. The SMILES string of the molecule is N#CCCN1CCN(c2cc(N3CC[C@H]3C(=O)NCCc3ccc(C#N)cc3)nc(C(F)(F)F)n2)CC1. The molecule has 12 heteroatoms. The number of alkyl halides is 3. The highest BCUT2D eigenvalue weighted by Crippen LogP contribution is 2.33. The minimum Gasteiger partial charge on any atom is -0.354 e. The molecule has 0 bridgehead atoms. The fourth-order valence-electron chi connectivity index (χ4n) is 4.39. The van der Waals surface area contributed by atoms with E-state index >= 15 is 0 Å². The lowest BCUT2D eigenvalue weighted by molar-refractivity contribution is -0.144. The van der Waals surface area contributed by atoms with Crippen LogP contribution in [-0.4, -0.2) is 72.6 Å². The van der Waals surface area contributed by atoms with Crippen LogP contribution < -0.4 is 15.1 Å². The molecule has 2 fully saturated rings. The van der Waals surface area contributed by atoms with Crippen LogP contribution >= 0.6 is 0 Å². The number of hydrogen-bond donors (Lipinski definition) is 1. The summed E-state index contributed by atoms with van der Waals surface area (Å²) in [5.41, 5.74) is 1.52. The van der Waals surface area contributed by atoms with Crippen molar-refractivity contribution in [2.45, 2.75) is 31.5 Å². The van der Waals surface area contributed by atoms with Crippen LogP contribution in [0.1, 0.15) is 29.8 Å². The van der Waals surface area contributed by atoms with Gasteiger partial charge in [0.15, 0.2) is 0 Å². The molecule has 0 saturated carbocycles. The van der Waals surface area contributed by atoms with Gasteiger partial charge in [0.2, 0.25) is 11.7 Å². The maximum absolute atomic E-state index is 13.6. The summed E-state index contributed by atoms with van der Waals surface area (Å²) in [5.74, 6) is -1.22. The summed E-state index contributed by atoms with van der Waals surface area (Å²) in [4.78, 5) is 25.8. The number of aromatic nitrogens is 2. The molecule has 1 aromatic carbocycles. The van der Waals surface area contributed by atoms with Gasteiger partial charge in [0.05, 0.1) is 17.7 Å². The van der Waals surface area contributed by atoms with Crippen molar-refractivity contribution in [1.82, 2.24) is 20.2 Å². The van der Waals surface area contributed by atoms with Crippen molar-refractivity contribution in [2.75, 3.05) is 55.6 Å². The van der Waals surface area contributed by atoms with Crippen LogP contribution in [0.4, 0.5) is 24.8 Å². The van der Waals surface area contributed by atoms with Gasteiger partial charge >= 0.3 is 6.18 Å². The van der Waals surface area contributed by atoms with E-state index in [1.54, 1.807) is 21.9 Å². The standard InChI is InChI=1S/C25H27F3N8O/c26-25(27,28)24-32-21(35-14-12-34(13-15-35)10-1-8-29)16-22(33-24)36-11-7-20(36)23(37)31-9-6-18-2-4-19(17-30)5-3-18/h2-5,16,20H,1,6-7,9-15H2,(H,31,37)/t20-/m0/s1. The Labute approximate surface area is 213 Å². The van der Waals surface area contributed by atoms with E-state index in [1.807, 2.05) is 12.1 Å². The quantitative estimate of drug-likeness (QED) is 0.574. The summed E-state index contributed by atoms with van der Waals surface area (Å²) in [5, 5.41) is 20.5. The Morgan fingerprint density at radius 1 is 1.05 bits per heavy atom. The smallest absolute Gasteiger partial charge is 0.354 e. The van der Waals surface area contributed by atoms with E-state index in [0.717, 1.165) is 5.56 Å². The summed E-state index contributed by atoms with van der Waals surface area (Å²) >= 11 is 0. The summed E-state index contributed by atoms with van der Waals surface area (Å²) in [6.45, 7) is 3.63. The number of carbonyl (C=O) groups excluding carboxylic acids is 1. The number of rotatable bonds is 8. The zero-order valence-electron chi connectivity index (χ0n) is 20.2. The van der Waals surface area contributed by atoms with Gasteiger partial charge in [-0.2, -0.15) is 23.7 Å². The Morgan fingerprint density at radius 3 is 2.35 bits per heavy atom. The maximum atomic E-state index is 13.6. The first-order valence-corrected chi connectivity index (χ1v) is 12.1. The van der Waals surface area contributed by atoms with E-state index in [-0.39, 0.29) is 17.5 Å². The van der Waals surface area contributed by atoms with Crippen LogP contribution in [0.5, 0.6) is 0 Å². The molecule has 0 spiro atoms. The Bertz CT molecular complexity index is 1180. The molecule has 0 radical (unpaired) electrons. The molecule has 2 saturated heterocycles. The Morgan fingerprint density at radius 2 is 1.76 bits per heavy atom. The molecule has 2 aromatic rings. The molecular weight excluding hydrogens is 485 g/mol. The number of nitrogens with one attached hydrogen (secondary N) is 1. The molecule has 0 aliphatic carbocycles. The fraction of sp³-hybridized carbons (Fsp3) is 0.480. The second-order valence-corrected chi connectivity index (χ2v) is 8.99. The minimum atomic E-state index is -4.72. The van der Waals surface area contributed by atoms with E-state index in [0.29, 0.717) is 70.6 Å². The molecule has 37 heavy (non-hydrogen) atoms. The predicted molar refractivity (Wildman–Crippen MR) is 130 cm³/mol. The average molecular weight is 513 g/mol. The molecular formula is C25H27F3N8O. The van der Waals surface area contributed by atoms with Crippen molar-refractivity contribution in [3.05, 3.63) is 47.3 Å². The van der Waals surface area contributed by atoms with Crippen molar-refractivity contribution in [1.29, 1.82) is 10.5 Å². The second-order valence-electron chi connectivity index (χ2n) is 8.99. The van der Waals surface area contributed by atoms with E-state index < -0.39 is 18.0 Å². The molecule has 2 aliphatic rings. The molecule has 1 atom stereocenters. The monoisotopic (exact) mass is 512 g/mol. The largest absolute Gasteiger partial charge is 0.451 e. The number of nitriles is 2. The van der Waals surface area contributed by atoms with E-state index in [1.165, 1.54) is 6.07 Å². The van der Waals surface area contributed by atoms with Crippen LogP contribution in [0, 0.1) is 22.7 Å². The lowest BCUT2D eigenvalue weighted by Gasteiger charge is -2.41. The molecule has 2 aliphatic heterocycles. The predicted octanol–water partition coefficient (Wildman–Crippen LogP) is 2.34. The number of hydrogen-bond acceptors (Lipinski definition) is 8. The third-order valence-corrected chi connectivity index (χ3v) is 6.60. The van der Waals surface area contributed by atoms with Crippen molar-refractivity contribution in [3.8, 4) is 12.1 Å². The average Bonchev–Trinajstić information content (AvgIpc) is 2.87. The molecule has 9 nitrogen and oxygen atoms in total. The van der Waals surface area contributed by atoms with Gasteiger partial charge in [0.25, 0.3) is 0 Å². The molecule has 1 aromatic heterocycles. The molecule has 1 N–H and O–H groups in total. The van der Waals surface area contributed by atoms with Gasteiger partial charge in [-0.25, -0.2) is 9.97 Å². The van der Waals surface area contributed by atoms with Crippen LogP contribution in [0.3, 0.4) is 0 Å². The van der Waals surface area contributed by atoms with Gasteiger partial charge in [-0.15, -0.1) is 0 Å². The zero-order chi connectivity index (χ0) is 26.4. The number of piperazine rings is 1. The Kier molecular flexibility index (Phi) is 8.09. The third kappa shape index (κ3) is 6.46. The third-order valence-electron chi connectivity index (χ3n) is 6.60. The number of carbonyl (C=O) groups is 1. The summed E-state index contributed by atoms with van der Waals surface area (Å²) in [6.07, 6.45) is -3.23. The van der Waals surface area contributed by atoms with Gasteiger partial charge in [-0.3, -0.25) is 9.69 Å². The Balaban J connectivity index is 1.41. The van der Waals surface area contributed by atoms with Crippen molar-refractivity contribution < 1.29 is 18.0 Å².